The molecule has 164 valence electrons. The average molecular weight is 467 g/mol. The third-order valence-corrected chi connectivity index (χ3v) is 6.56. The summed E-state index contributed by atoms with van der Waals surface area (Å²) in [6, 6.07) is 23.7. The molecule has 2 atom stereocenters. The molecule has 4 aromatic carbocycles. The Morgan fingerprint density at radius 3 is 1.41 bits per heavy atom. The molecule has 0 fully saturated rings. The van der Waals surface area contributed by atoms with Crippen LogP contribution in [0.25, 0.3) is 21.5 Å². The molecule has 0 N–H and O–H groups in total. The summed E-state index contributed by atoms with van der Waals surface area (Å²) in [5.41, 5.74) is 1.78. The largest absolute Gasteiger partial charge is 0.497 e. The zero-order valence-corrected chi connectivity index (χ0v) is 19.5. The smallest absolute Gasteiger partial charge is 0.150 e. The first-order valence-corrected chi connectivity index (χ1v) is 11.5. The number of hydrogen-bond donors (Lipinski definition) is 0. The fourth-order valence-electron chi connectivity index (χ4n) is 4.07. The van der Waals surface area contributed by atoms with Crippen LogP contribution in [0.4, 0.5) is 0 Å². The number of hydrogen-bond acceptors (Lipinski definition) is 3. The van der Waals surface area contributed by atoms with E-state index in [2.05, 4.69) is 0 Å². The lowest BCUT2D eigenvalue weighted by atomic mass is 9.84. The highest BCUT2D eigenvalue weighted by Crippen LogP contribution is 2.33. The van der Waals surface area contributed by atoms with Crippen molar-refractivity contribution in [3.05, 3.63) is 83.9 Å². The van der Waals surface area contributed by atoms with Crippen LogP contribution in [0.3, 0.4) is 0 Å². The Bertz CT molecular complexity index is 1170. The minimum Gasteiger partial charge on any atom is -0.497 e. The number of rotatable bonds is 8. The van der Waals surface area contributed by atoms with Crippen molar-refractivity contribution in [3.8, 4) is 11.5 Å². The monoisotopic (exact) mass is 466 g/mol. The van der Waals surface area contributed by atoms with Gasteiger partial charge in [0.05, 0.1) is 26.1 Å². The molecular weight excluding hydrogens is 443 g/mol. The van der Waals surface area contributed by atoms with Crippen LogP contribution in [0.15, 0.2) is 72.8 Å². The van der Waals surface area contributed by atoms with E-state index in [0.29, 0.717) is 0 Å². The lowest BCUT2D eigenvalue weighted by Gasteiger charge is -2.21. The number of fused-ring (bicyclic) bond motifs is 2. The molecule has 0 aliphatic heterocycles. The van der Waals surface area contributed by atoms with E-state index in [-0.39, 0.29) is 17.5 Å². The maximum absolute atomic E-state index is 13.6. The summed E-state index contributed by atoms with van der Waals surface area (Å²) in [5.74, 6) is 1.11. The van der Waals surface area contributed by atoms with Crippen LogP contribution in [-0.2, 0) is 4.79 Å². The molecule has 4 rings (SSSR count). The molecule has 0 saturated heterocycles. The molecule has 5 heteroatoms. The molecule has 0 radical (unpaired) electrons. The molecule has 0 amide bonds. The lowest BCUT2D eigenvalue weighted by Crippen LogP contribution is -2.23. The van der Waals surface area contributed by atoms with Gasteiger partial charge in [0.25, 0.3) is 0 Å². The number of methoxy groups -OCH3 is 2. The zero-order chi connectivity index (χ0) is 22.7. The van der Waals surface area contributed by atoms with Crippen molar-refractivity contribution in [1.29, 1.82) is 0 Å². The first-order valence-electron chi connectivity index (χ1n) is 10.4. The normalized spacial score (nSPS) is 13.1. The van der Waals surface area contributed by atoms with Crippen molar-refractivity contribution < 1.29 is 14.3 Å². The molecule has 0 aromatic heterocycles. The Kier molecular flexibility index (Phi) is 6.88. The molecule has 2 unspecified atom stereocenters. The van der Waals surface area contributed by atoms with Crippen molar-refractivity contribution >= 4 is 50.5 Å². The Balaban J connectivity index is 1.66. The first-order chi connectivity index (χ1) is 15.6. The molecule has 0 aliphatic carbocycles. The number of benzene rings is 4. The third-order valence-electron chi connectivity index (χ3n) is 5.94. The fourth-order valence-corrected chi connectivity index (χ4v) is 4.73. The standard InChI is InChI=1S/C27H24Cl2O3/c1-31-23-9-7-17-11-21(5-3-19(17)13-23)25(15-28)27(30)26(16-29)22-6-4-20-14-24(32-2)10-8-18(20)12-22/h3-14,25-26H,15-16H2,1-2H3. The van der Waals surface area contributed by atoms with E-state index >= 15 is 0 Å². The van der Waals surface area contributed by atoms with Crippen LogP contribution >= 0.6 is 23.2 Å². The summed E-state index contributed by atoms with van der Waals surface area (Å²) in [6.07, 6.45) is 0. The minimum absolute atomic E-state index is 0.0238. The molecular formula is C27H24Cl2O3. The van der Waals surface area contributed by atoms with Gasteiger partial charge in [0.2, 0.25) is 0 Å². The van der Waals surface area contributed by atoms with Gasteiger partial charge in [-0.3, -0.25) is 4.79 Å². The van der Waals surface area contributed by atoms with E-state index in [0.717, 1.165) is 44.2 Å². The quantitative estimate of drug-likeness (QED) is 0.264. The summed E-state index contributed by atoms with van der Waals surface area (Å²) in [5, 5.41) is 4.17. The highest BCUT2D eigenvalue weighted by molar-refractivity contribution is 6.22. The molecule has 3 nitrogen and oxygen atoms in total. The number of Topliss-reactive ketones (excluding diaryl/α,β-unsaturated/α-hetero) is 1. The summed E-state index contributed by atoms with van der Waals surface area (Å²) in [4.78, 5) is 13.6. The van der Waals surface area contributed by atoms with Gasteiger partial charge in [-0.1, -0.05) is 48.5 Å². The number of carbonyl (C=O) groups excluding carboxylic acids is 1. The highest BCUT2D eigenvalue weighted by Gasteiger charge is 2.29. The summed E-state index contributed by atoms with van der Waals surface area (Å²) in [7, 11) is 3.29. The number of halogens is 2. The van der Waals surface area contributed by atoms with Gasteiger partial charge in [-0.25, -0.2) is 0 Å². The highest BCUT2D eigenvalue weighted by atomic mass is 35.5. The first kappa shape index (κ1) is 22.4. The summed E-state index contributed by atoms with van der Waals surface area (Å²) < 4.78 is 10.6. The second-order valence-corrected chi connectivity index (χ2v) is 8.38. The SMILES string of the molecule is COc1ccc2cc(C(CCl)C(=O)C(CCl)c3ccc4cc(OC)ccc4c3)ccc2c1. The molecule has 0 aliphatic rings. The number of ether oxygens (including phenoxy) is 2. The van der Waals surface area contributed by atoms with Gasteiger partial charge >= 0.3 is 0 Å². The maximum Gasteiger partial charge on any atom is 0.150 e. The van der Waals surface area contributed by atoms with Crippen molar-refractivity contribution in [2.75, 3.05) is 26.0 Å². The van der Waals surface area contributed by atoms with E-state index in [1.54, 1.807) is 14.2 Å². The number of alkyl halides is 2. The third kappa shape index (κ3) is 4.41. The molecule has 0 bridgehead atoms. The van der Waals surface area contributed by atoms with Gasteiger partial charge in [-0.2, -0.15) is 0 Å². The van der Waals surface area contributed by atoms with Gasteiger partial charge in [0.1, 0.15) is 17.3 Å². The Morgan fingerprint density at radius 2 is 1.03 bits per heavy atom. The van der Waals surface area contributed by atoms with Gasteiger partial charge in [0, 0.05) is 11.8 Å². The van der Waals surface area contributed by atoms with Crippen molar-refractivity contribution in [3.63, 3.8) is 0 Å². The summed E-state index contributed by atoms with van der Waals surface area (Å²) >= 11 is 12.6. The fraction of sp³-hybridized carbons (Fsp3) is 0.222. The second-order valence-electron chi connectivity index (χ2n) is 7.76. The van der Waals surface area contributed by atoms with Crippen LogP contribution in [0.2, 0.25) is 0 Å². The number of ketones is 1. The van der Waals surface area contributed by atoms with Crippen LogP contribution < -0.4 is 9.47 Å². The number of carbonyl (C=O) groups is 1. The maximum atomic E-state index is 13.6. The van der Waals surface area contributed by atoms with Gasteiger partial charge in [-0.15, -0.1) is 23.2 Å². The predicted octanol–water partition coefficient (Wildman–Crippen LogP) is 6.92. The van der Waals surface area contributed by atoms with Crippen LogP contribution in [-0.4, -0.2) is 31.8 Å². The van der Waals surface area contributed by atoms with Crippen molar-refractivity contribution in [2.45, 2.75) is 11.8 Å². The van der Waals surface area contributed by atoms with Crippen LogP contribution in [0.1, 0.15) is 23.0 Å². The van der Waals surface area contributed by atoms with Crippen LogP contribution in [0.5, 0.6) is 11.5 Å². The lowest BCUT2D eigenvalue weighted by molar-refractivity contribution is -0.121. The van der Waals surface area contributed by atoms with Gasteiger partial charge in [-0.05, 0) is 56.9 Å². The van der Waals surface area contributed by atoms with E-state index < -0.39 is 11.8 Å². The minimum atomic E-state index is -0.446. The average Bonchev–Trinajstić information content (AvgIpc) is 2.84. The van der Waals surface area contributed by atoms with Crippen molar-refractivity contribution in [2.24, 2.45) is 0 Å². The Hall–Kier alpha value is -2.75. The zero-order valence-electron chi connectivity index (χ0n) is 18.0. The second kappa shape index (κ2) is 9.81. The van der Waals surface area contributed by atoms with Gasteiger partial charge < -0.3 is 9.47 Å². The Labute approximate surface area is 197 Å². The topological polar surface area (TPSA) is 35.5 Å². The molecule has 32 heavy (non-hydrogen) atoms. The molecule has 4 aromatic rings. The van der Waals surface area contributed by atoms with E-state index in [1.807, 2.05) is 72.8 Å². The predicted molar refractivity (Wildman–Crippen MR) is 133 cm³/mol. The van der Waals surface area contributed by atoms with Crippen LogP contribution in [0, 0.1) is 0 Å². The molecule has 0 saturated carbocycles. The Morgan fingerprint density at radius 1 is 0.656 bits per heavy atom. The van der Waals surface area contributed by atoms with E-state index in [9.17, 15) is 4.79 Å². The van der Waals surface area contributed by atoms with Gasteiger partial charge in [0.15, 0.2) is 0 Å². The van der Waals surface area contributed by atoms with E-state index in [4.69, 9.17) is 32.7 Å². The van der Waals surface area contributed by atoms with E-state index in [1.165, 1.54) is 0 Å². The molecule has 0 spiro atoms. The molecule has 0 heterocycles. The summed E-state index contributed by atoms with van der Waals surface area (Å²) in [6.45, 7) is 0. The van der Waals surface area contributed by atoms with Crippen molar-refractivity contribution in [1.82, 2.24) is 0 Å².